The molecule has 28 heavy (non-hydrogen) atoms. The summed E-state index contributed by atoms with van der Waals surface area (Å²) < 4.78 is 10.8. The molecule has 0 radical (unpaired) electrons. The van der Waals surface area contributed by atoms with Crippen molar-refractivity contribution in [3.8, 4) is 6.07 Å². The molecule has 0 saturated carbocycles. The molecule has 0 aliphatic carbocycles. The number of hydrogen-bond donors (Lipinski definition) is 1. The minimum absolute atomic E-state index is 0.00189. The van der Waals surface area contributed by atoms with Crippen molar-refractivity contribution in [1.29, 1.82) is 5.26 Å². The van der Waals surface area contributed by atoms with Crippen LogP contribution in [0.15, 0.2) is 47.1 Å². The fourth-order valence-corrected chi connectivity index (χ4v) is 2.84. The second-order valence-electron chi connectivity index (χ2n) is 6.65. The third-order valence-electron chi connectivity index (χ3n) is 4.59. The van der Waals surface area contributed by atoms with E-state index in [2.05, 4.69) is 5.32 Å². The zero-order valence-electron chi connectivity index (χ0n) is 15.9. The molecular weight excluding hydrogens is 356 g/mol. The Morgan fingerprint density at radius 1 is 1.21 bits per heavy atom. The maximum atomic E-state index is 12.3. The highest BCUT2D eigenvalue weighted by Gasteiger charge is 2.20. The number of hydrogen-bond acceptors (Lipinski definition) is 5. The van der Waals surface area contributed by atoms with Crippen LogP contribution >= 0.6 is 0 Å². The molecule has 142 valence electrons. The second kappa shape index (κ2) is 7.97. The Morgan fingerprint density at radius 3 is 2.68 bits per heavy atom. The lowest BCUT2D eigenvalue weighted by molar-refractivity contribution is -0.152. The number of anilines is 1. The van der Waals surface area contributed by atoms with Gasteiger partial charge in [-0.2, -0.15) is 5.26 Å². The largest absolute Gasteiger partial charge is 0.464 e. The van der Waals surface area contributed by atoms with Crippen LogP contribution in [0.5, 0.6) is 0 Å². The monoisotopic (exact) mass is 376 g/mol. The Morgan fingerprint density at radius 2 is 1.93 bits per heavy atom. The zero-order chi connectivity index (χ0) is 20.3. The quantitative estimate of drug-likeness (QED) is 0.679. The molecule has 6 nitrogen and oxygen atoms in total. The number of nitrogens with zero attached hydrogens (tertiary/aromatic N) is 1. The van der Waals surface area contributed by atoms with Crippen LogP contribution < -0.4 is 5.32 Å². The summed E-state index contributed by atoms with van der Waals surface area (Å²) in [6, 6.07) is 12.5. The van der Waals surface area contributed by atoms with Gasteiger partial charge in [-0.3, -0.25) is 9.59 Å². The van der Waals surface area contributed by atoms with E-state index in [4.69, 9.17) is 14.4 Å². The average Bonchev–Trinajstić information content (AvgIpc) is 3.03. The Labute approximate surface area is 162 Å². The van der Waals surface area contributed by atoms with Crippen LogP contribution in [0.2, 0.25) is 0 Å². The van der Waals surface area contributed by atoms with Crippen molar-refractivity contribution in [2.75, 3.05) is 5.32 Å². The normalized spacial score (nSPS) is 11.6. The Bertz CT molecular complexity index is 1090. The van der Waals surface area contributed by atoms with Gasteiger partial charge < -0.3 is 14.5 Å². The van der Waals surface area contributed by atoms with Gasteiger partial charge in [0.05, 0.1) is 23.9 Å². The molecule has 1 aromatic heterocycles. The minimum atomic E-state index is -0.999. The predicted octanol–water partition coefficient (Wildman–Crippen LogP) is 4.03. The molecule has 0 aliphatic rings. The fourth-order valence-electron chi connectivity index (χ4n) is 2.84. The van der Waals surface area contributed by atoms with E-state index >= 15 is 0 Å². The van der Waals surface area contributed by atoms with Crippen LogP contribution in [0.1, 0.15) is 29.2 Å². The number of furan rings is 1. The third kappa shape index (κ3) is 4.04. The zero-order valence-corrected chi connectivity index (χ0v) is 15.9. The van der Waals surface area contributed by atoms with E-state index < -0.39 is 18.0 Å². The molecule has 0 saturated heterocycles. The van der Waals surface area contributed by atoms with Gasteiger partial charge in [0, 0.05) is 10.9 Å². The highest BCUT2D eigenvalue weighted by atomic mass is 16.5. The van der Waals surface area contributed by atoms with Gasteiger partial charge >= 0.3 is 5.97 Å². The van der Waals surface area contributed by atoms with Crippen molar-refractivity contribution in [1.82, 2.24) is 0 Å². The number of ether oxygens (including phenoxy) is 1. The molecule has 0 aliphatic heterocycles. The van der Waals surface area contributed by atoms with Crippen LogP contribution in [0.3, 0.4) is 0 Å². The molecule has 3 rings (SSSR count). The van der Waals surface area contributed by atoms with Gasteiger partial charge in [0.1, 0.15) is 11.7 Å². The molecule has 0 fully saturated rings. The molecular formula is C22H20N2O4. The topological polar surface area (TPSA) is 92.3 Å². The summed E-state index contributed by atoms with van der Waals surface area (Å²) >= 11 is 0. The van der Waals surface area contributed by atoms with Crippen LogP contribution in [-0.4, -0.2) is 18.0 Å². The average molecular weight is 376 g/mol. The molecule has 1 atom stereocenters. The smallest absolute Gasteiger partial charge is 0.311 e. The van der Waals surface area contributed by atoms with Crippen LogP contribution in [0.25, 0.3) is 11.0 Å². The predicted molar refractivity (Wildman–Crippen MR) is 105 cm³/mol. The SMILES string of the molecule is Cc1cc2occ(CC(=O)OC(C)C(=O)Nc3ccccc3C#N)c2cc1C. The van der Waals surface area contributed by atoms with E-state index in [9.17, 15) is 9.59 Å². The first kappa shape index (κ1) is 19.2. The standard InChI is InChI=1S/C22H20N2O4/c1-13-8-18-17(12-27-20(18)9-14(13)2)10-21(25)28-15(3)22(26)24-19-7-5-4-6-16(19)11-23/h4-9,12,15H,10H2,1-3H3,(H,24,26). The van der Waals surface area contributed by atoms with Crippen molar-refractivity contribution in [2.24, 2.45) is 0 Å². The summed E-state index contributed by atoms with van der Waals surface area (Å²) in [4.78, 5) is 24.6. The third-order valence-corrected chi connectivity index (χ3v) is 4.59. The first-order chi connectivity index (χ1) is 13.4. The van der Waals surface area contributed by atoms with E-state index in [0.29, 0.717) is 22.4 Å². The molecule has 1 unspecified atom stereocenters. The molecule has 1 heterocycles. The number of amides is 1. The lowest BCUT2D eigenvalue weighted by Gasteiger charge is -2.14. The molecule has 3 aromatic rings. The number of aryl methyl sites for hydroxylation is 2. The van der Waals surface area contributed by atoms with Crippen LogP contribution in [-0.2, 0) is 20.7 Å². The van der Waals surface area contributed by atoms with E-state index in [1.807, 2.05) is 32.0 Å². The van der Waals surface area contributed by atoms with Crippen molar-refractivity contribution >= 4 is 28.5 Å². The van der Waals surface area contributed by atoms with Gasteiger partial charge in [0.15, 0.2) is 6.10 Å². The van der Waals surface area contributed by atoms with Gasteiger partial charge in [-0.25, -0.2) is 0 Å². The summed E-state index contributed by atoms with van der Waals surface area (Å²) in [7, 11) is 0. The van der Waals surface area contributed by atoms with Crippen molar-refractivity contribution in [3.63, 3.8) is 0 Å². The van der Waals surface area contributed by atoms with Crippen molar-refractivity contribution in [3.05, 3.63) is 64.9 Å². The summed E-state index contributed by atoms with van der Waals surface area (Å²) in [5.74, 6) is -1.03. The van der Waals surface area contributed by atoms with Crippen LogP contribution in [0, 0.1) is 25.2 Å². The highest BCUT2D eigenvalue weighted by Crippen LogP contribution is 2.25. The number of nitrogens with one attached hydrogen (secondary N) is 1. The van der Waals surface area contributed by atoms with E-state index in [1.165, 1.54) is 6.92 Å². The second-order valence-corrected chi connectivity index (χ2v) is 6.65. The van der Waals surface area contributed by atoms with Gasteiger partial charge in [-0.05, 0) is 56.2 Å². The lowest BCUT2D eigenvalue weighted by atomic mass is 10.0. The number of rotatable bonds is 5. The van der Waals surface area contributed by atoms with Gasteiger partial charge in [0.2, 0.25) is 0 Å². The van der Waals surface area contributed by atoms with Crippen LogP contribution in [0.4, 0.5) is 5.69 Å². The Balaban J connectivity index is 1.65. The summed E-state index contributed by atoms with van der Waals surface area (Å²) in [5.41, 5.74) is 4.36. The van der Waals surface area contributed by atoms with Gasteiger partial charge in [-0.15, -0.1) is 0 Å². The van der Waals surface area contributed by atoms with Gasteiger partial charge in [-0.1, -0.05) is 12.1 Å². The summed E-state index contributed by atoms with van der Waals surface area (Å²) in [6.07, 6.45) is 0.544. The number of carbonyl (C=O) groups excluding carboxylic acids is 2. The first-order valence-corrected chi connectivity index (χ1v) is 8.86. The molecule has 6 heteroatoms. The molecule has 2 aromatic carbocycles. The number of fused-ring (bicyclic) bond motifs is 1. The fraction of sp³-hybridized carbons (Fsp3) is 0.227. The number of nitriles is 1. The van der Waals surface area contributed by atoms with Crippen molar-refractivity contribution < 1.29 is 18.7 Å². The number of para-hydroxylation sites is 1. The molecule has 0 spiro atoms. The van der Waals surface area contributed by atoms with Crippen molar-refractivity contribution in [2.45, 2.75) is 33.3 Å². The number of carbonyl (C=O) groups is 2. The maximum Gasteiger partial charge on any atom is 0.311 e. The Kier molecular flexibility index (Phi) is 5.46. The minimum Gasteiger partial charge on any atom is -0.464 e. The number of esters is 1. The molecule has 1 amide bonds. The first-order valence-electron chi connectivity index (χ1n) is 8.86. The van der Waals surface area contributed by atoms with Gasteiger partial charge in [0.25, 0.3) is 5.91 Å². The lowest BCUT2D eigenvalue weighted by Crippen LogP contribution is -2.30. The van der Waals surface area contributed by atoms with E-state index in [-0.39, 0.29) is 6.42 Å². The molecule has 1 N–H and O–H groups in total. The Hall–Kier alpha value is -3.59. The van der Waals surface area contributed by atoms with E-state index in [0.717, 1.165) is 16.5 Å². The highest BCUT2D eigenvalue weighted by molar-refractivity contribution is 5.96. The summed E-state index contributed by atoms with van der Waals surface area (Å²) in [6.45, 7) is 5.48. The maximum absolute atomic E-state index is 12.3. The van der Waals surface area contributed by atoms with E-state index in [1.54, 1.807) is 30.5 Å². The molecule has 0 bridgehead atoms. The number of benzene rings is 2. The summed E-state index contributed by atoms with van der Waals surface area (Å²) in [5, 5.41) is 12.6.